The highest BCUT2D eigenvalue weighted by atomic mass is 16.5. The smallest absolute Gasteiger partial charge is 0.0876 e. The van der Waals surface area contributed by atoms with Crippen molar-refractivity contribution >= 4 is 5.69 Å². The minimum atomic E-state index is 0.299. The molecule has 1 fully saturated rings. The van der Waals surface area contributed by atoms with Crippen LogP contribution >= 0.6 is 0 Å². The third-order valence-electron chi connectivity index (χ3n) is 3.68. The number of rotatable bonds is 5. The summed E-state index contributed by atoms with van der Waals surface area (Å²) in [5.74, 6) is 0. The summed E-state index contributed by atoms with van der Waals surface area (Å²) >= 11 is 0. The van der Waals surface area contributed by atoms with Crippen molar-refractivity contribution < 1.29 is 4.74 Å². The largest absolute Gasteiger partial charge is 0.374 e. The third-order valence-corrected chi connectivity index (χ3v) is 3.68. The molecule has 1 aromatic rings. The lowest BCUT2D eigenvalue weighted by molar-refractivity contribution is -0.0146. The molecule has 1 atom stereocenters. The van der Waals surface area contributed by atoms with Crippen LogP contribution in [0.5, 0.6) is 0 Å². The molecule has 0 radical (unpaired) electrons. The van der Waals surface area contributed by atoms with E-state index in [1.165, 1.54) is 11.3 Å². The molecule has 2 rings (SSSR count). The van der Waals surface area contributed by atoms with Crippen molar-refractivity contribution in [2.45, 2.75) is 19.6 Å². The molecular formula is C15H25N3O. The molecule has 0 amide bonds. The SMILES string of the molecule is CCN(CC1CN(C)CCO1)c1ccc(CN)cc1. The summed E-state index contributed by atoms with van der Waals surface area (Å²) in [7, 11) is 2.15. The molecule has 1 saturated heterocycles. The van der Waals surface area contributed by atoms with Gasteiger partial charge in [0.05, 0.1) is 12.7 Å². The molecule has 4 nitrogen and oxygen atoms in total. The number of anilines is 1. The zero-order chi connectivity index (χ0) is 13.7. The fourth-order valence-electron chi connectivity index (χ4n) is 2.48. The molecule has 0 bridgehead atoms. The summed E-state index contributed by atoms with van der Waals surface area (Å²) in [5.41, 5.74) is 8.06. The fraction of sp³-hybridized carbons (Fsp3) is 0.600. The van der Waals surface area contributed by atoms with Crippen molar-refractivity contribution in [3.05, 3.63) is 29.8 Å². The molecule has 1 aliphatic rings. The summed E-state index contributed by atoms with van der Waals surface area (Å²) in [6.45, 7) is 7.61. The van der Waals surface area contributed by atoms with Crippen molar-refractivity contribution in [3.8, 4) is 0 Å². The van der Waals surface area contributed by atoms with Crippen molar-refractivity contribution in [1.29, 1.82) is 0 Å². The van der Waals surface area contributed by atoms with Gasteiger partial charge in [-0.25, -0.2) is 0 Å². The van der Waals surface area contributed by atoms with Crippen LogP contribution in [0.25, 0.3) is 0 Å². The Kier molecular flexibility index (Phi) is 5.19. The van der Waals surface area contributed by atoms with E-state index >= 15 is 0 Å². The zero-order valence-corrected chi connectivity index (χ0v) is 12.0. The van der Waals surface area contributed by atoms with Gasteiger partial charge in [-0.15, -0.1) is 0 Å². The molecule has 0 spiro atoms. The summed E-state index contributed by atoms with van der Waals surface area (Å²) in [6.07, 6.45) is 0.299. The van der Waals surface area contributed by atoms with Gasteiger partial charge in [0.15, 0.2) is 0 Å². The van der Waals surface area contributed by atoms with Crippen LogP contribution < -0.4 is 10.6 Å². The average Bonchev–Trinajstić information content (AvgIpc) is 2.45. The molecule has 1 aromatic carbocycles. The quantitative estimate of drug-likeness (QED) is 0.869. The summed E-state index contributed by atoms with van der Waals surface area (Å²) in [4.78, 5) is 4.70. The molecule has 1 aliphatic heterocycles. The number of hydrogen-bond donors (Lipinski definition) is 1. The van der Waals surface area contributed by atoms with Gasteiger partial charge in [0.2, 0.25) is 0 Å². The number of morpholine rings is 1. The van der Waals surface area contributed by atoms with E-state index in [0.717, 1.165) is 32.8 Å². The maximum absolute atomic E-state index is 5.84. The number of benzene rings is 1. The van der Waals surface area contributed by atoms with Gasteiger partial charge in [0.25, 0.3) is 0 Å². The topological polar surface area (TPSA) is 41.7 Å². The van der Waals surface area contributed by atoms with Gasteiger partial charge in [0.1, 0.15) is 0 Å². The van der Waals surface area contributed by atoms with Crippen LogP contribution in [0.2, 0.25) is 0 Å². The van der Waals surface area contributed by atoms with Gasteiger partial charge in [-0.1, -0.05) is 12.1 Å². The minimum Gasteiger partial charge on any atom is -0.374 e. The van der Waals surface area contributed by atoms with Crippen LogP contribution in [0.4, 0.5) is 5.69 Å². The number of likely N-dealkylation sites (N-methyl/N-ethyl adjacent to an activating group) is 2. The number of nitrogens with two attached hydrogens (primary N) is 1. The predicted molar refractivity (Wildman–Crippen MR) is 79.5 cm³/mol. The maximum Gasteiger partial charge on any atom is 0.0876 e. The summed E-state index contributed by atoms with van der Waals surface area (Å²) in [6, 6.07) is 8.51. The van der Waals surface area contributed by atoms with Crippen LogP contribution in [0.3, 0.4) is 0 Å². The van der Waals surface area contributed by atoms with Gasteiger partial charge in [-0.3, -0.25) is 0 Å². The van der Waals surface area contributed by atoms with Crippen LogP contribution in [-0.4, -0.2) is 50.8 Å². The Labute approximate surface area is 116 Å². The van der Waals surface area contributed by atoms with Crippen molar-refractivity contribution in [1.82, 2.24) is 4.90 Å². The van der Waals surface area contributed by atoms with Crippen LogP contribution in [-0.2, 0) is 11.3 Å². The maximum atomic E-state index is 5.84. The summed E-state index contributed by atoms with van der Waals surface area (Å²) < 4.78 is 5.84. The Hall–Kier alpha value is -1.10. The first-order chi connectivity index (χ1) is 9.22. The standard InChI is InChI=1S/C15H25N3O/c1-3-18(12-15-11-17(2)8-9-19-15)14-6-4-13(10-16)5-7-14/h4-7,15H,3,8-12,16H2,1-2H3. The number of nitrogens with zero attached hydrogens (tertiary/aromatic N) is 2. The van der Waals surface area contributed by atoms with Gasteiger partial charge < -0.3 is 20.3 Å². The van der Waals surface area contributed by atoms with E-state index in [4.69, 9.17) is 10.5 Å². The molecule has 0 saturated carbocycles. The van der Waals surface area contributed by atoms with E-state index in [9.17, 15) is 0 Å². The molecule has 106 valence electrons. The molecule has 0 aliphatic carbocycles. The second kappa shape index (κ2) is 6.89. The first-order valence-corrected chi connectivity index (χ1v) is 7.07. The Morgan fingerprint density at radius 1 is 1.37 bits per heavy atom. The highest BCUT2D eigenvalue weighted by Crippen LogP contribution is 2.17. The zero-order valence-electron chi connectivity index (χ0n) is 12.0. The highest BCUT2D eigenvalue weighted by Gasteiger charge is 2.20. The Morgan fingerprint density at radius 2 is 2.11 bits per heavy atom. The van der Waals surface area contributed by atoms with Gasteiger partial charge >= 0.3 is 0 Å². The van der Waals surface area contributed by atoms with Gasteiger partial charge in [-0.2, -0.15) is 0 Å². The molecule has 1 unspecified atom stereocenters. The Morgan fingerprint density at radius 3 is 2.68 bits per heavy atom. The Bertz CT molecular complexity index is 379. The lowest BCUT2D eigenvalue weighted by Gasteiger charge is -2.34. The predicted octanol–water partition coefficient (Wildman–Crippen LogP) is 1.30. The second-order valence-corrected chi connectivity index (χ2v) is 5.16. The van der Waals surface area contributed by atoms with E-state index in [1.54, 1.807) is 0 Å². The van der Waals surface area contributed by atoms with E-state index in [0.29, 0.717) is 12.6 Å². The summed E-state index contributed by atoms with van der Waals surface area (Å²) in [5, 5.41) is 0. The van der Waals surface area contributed by atoms with Crippen LogP contribution in [0, 0.1) is 0 Å². The van der Waals surface area contributed by atoms with E-state index in [2.05, 4.69) is 48.0 Å². The molecule has 19 heavy (non-hydrogen) atoms. The van der Waals surface area contributed by atoms with Crippen molar-refractivity contribution in [3.63, 3.8) is 0 Å². The second-order valence-electron chi connectivity index (χ2n) is 5.16. The lowest BCUT2D eigenvalue weighted by atomic mass is 10.2. The molecule has 2 N–H and O–H groups in total. The minimum absolute atomic E-state index is 0.299. The first-order valence-electron chi connectivity index (χ1n) is 7.07. The van der Waals surface area contributed by atoms with Crippen LogP contribution in [0.1, 0.15) is 12.5 Å². The third kappa shape index (κ3) is 3.93. The normalized spacial score (nSPS) is 20.5. The molecule has 4 heteroatoms. The monoisotopic (exact) mass is 263 g/mol. The molecule has 0 aromatic heterocycles. The average molecular weight is 263 g/mol. The van der Waals surface area contributed by atoms with Gasteiger partial charge in [-0.05, 0) is 31.7 Å². The van der Waals surface area contributed by atoms with Gasteiger partial charge in [0, 0.05) is 38.4 Å². The van der Waals surface area contributed by atoms with E-state index in [1.807, 2.05) is 0 Å². The van der Waals surface area contributed by atoms with Crippen molar-refractivity contribution in [2.24, 2.45) is 5.73 Å². The van der Waals surface area contributed by atoms with Crippen molar-refractivity contribution in [2.75, 3.05) is 44.7 Å². The van der Waals surface area contributed by atoms with E-state index in [-0.39, 0.29) is 0 Å². The highest BCUT2D eigenvalue weighted by molar-refractivity contribution is 5.47. The first kappa shape index (κ1) is 14.3. The van der Waals surface area contributed by atoms with Crippen LogP contribution in [0.15, 0.2) is 24.3 Å². The molecular weight excluding hydrogens is 238 g/mol. The fourth-order valence-corrected chi connectivity index (χ4v) is 2.48. The van der Waals surface area contributed by atoms with E-state index < -0.39 is 0 Å². The lowest BCUT2D eigenvalue weighted by Crippen LogP contribution is -2.46. The number of hydrogen-bond acceptors (Lipinski definition) is 4. The number of ether oxygens (including phenoxy) is 1. The Balaban J connectivity index is 1.98. The molecule has 1 heterocycles.